The zero-order valence-electron chi connectivity index (χ0n) is 12.4. The van der Waals surface area contributed by atoms with Crippen LogP contribution >= 0.6 is 0 Å². The highest BCUT2D eigenvalue weighted by Crippen LogP contribution is 2.19. The Bertz CT molecular complexity index is 557. The van der Waals surface area contributed by atoms with E-state index in [1.54, 1.807) is 0 Å². The summed E-state index contributed by atoms with van der Waals surface area (Å²) in [6, 6.07) is 5.12. The van der Waals surface area contributed by atoms with E-state index in [4.69, 9.17) is 9.47 Å². The van der Waals surface area contributed by atoms with Crippen LogP contribution in [0.25, 0.3) is 0 Å². The largest absolute Gasteiger partial charge is 0.476 e. The predicted octanol–water partition coefficient (Wildman–Crippen LogP) is 0.694. The number of halogens is 1. The fourth-order valence-corrected chi connectivity index (χ4v) is 1.34. The van der Waals surface area contributed by atoms with Crippen molar-refractivity contribution in [3.05, 3.63) is 30.1 Å². The molecule has 0 saturated carbocycles. The third kappa shape index (κ3) is 5.78. The molecule has 0 heterocycles. The summed E-state index contributed by atoms with van der Waals surface area (Å²) < 4.78 is 23.0. The number of rotatable bonds is 5. The Morgan fingerprint density at radius 1 is 1.14 bits per heavy atom. The van der Waals surface area contributed by atoms with E-state index in [0.717, 1.165) is 0 Å². The molecule has 0 aliphatic carbocycles. The second kappa shape index (κ2) is 7.39. The van der Waals surface area contributed by atoms with E-state index in [0.29, 0.717) is 0 Å². The van der Waals surface area contributed by atoms with Crippen LogP contribution in [0.4, 0.5) is 4.39 Å². The first kappa shape index (κ1) is 17.4. The van der Waals surface area contributed by atoms with Gasteiger partial charge < -0.3 is 9.47 Å². The van der Waals surface area contributed by atoms with Gasteiger partial charge in [0.05, 0.1) is 0 Å². The van der Waals surface area contributed by atoms with Crippen molar-refractivity contribution in [3.8, 4) is 5.75 Å². The van der Waals surface area contributed by atoms with Crippen LogP contribution in [0.1, 0.15) is 20.8 Å². The van der Waals surface area contributed by atoms with Crippen LogP contribution in [0, 0.1) is 5.82 Å². The van der Waals surface area contributed by atoms with Gasteiger partial charge in [-0.2, -0.15) is 0 Å². The number of nitrogens with one attached hydrogen (secondary N) is 2. The van der Waals surface area contributed by atoms with Gasteiger partial charge in [-0.05, 0) is 38.1 Å². The second-order valence-corrected chi connectivity index (χ2v) is 4.87. The van der Waals surface area contributed by atoms with Crippen molar-refractivity contribution in [2.75, 3.05) is 6.61 Å². The molecule has 0 saturated heterocycles. The van der Waals surface area contributed by atoms with Gasteiger partial charge in [0.25, 0.3) is 5.91 Å². The molecule has 0 unspecified atom stereocenters. The van der Waals surface area contributed by atoms with Crippen LogP contribution in [0.5, 0.6) is 5.75 Å². The highest BCUT2D eigenvalue weighted by Gasteiger charge is 2.32. The molecule has 0 aliphatic heterocycles. The fourth-order valence-electron chi connectivity index (χ4n) is 1.34. The number of carbonyl (C=O) groups excluding carboxylic acids is 3. The minimum absolute atomic E-state index is 0.283. The molecule has 1 aromatic rings. The molecule has 8 heteroatoms. The van der Waals surface area contributed by atoms with Gasteiger partial charge in [0.2, 0.25) is 5.91 Å². The molecule has 0 atom stereocenters. The smallest absolute Gasteiger partial charge is 0.350 e. The quantitative estimate of drug-likeness (QED) is 0.616. The van der Waals surface area contributed by atoms with E-state index in [9.17, 15) is 18.8 Å². The average Bonchev–Trinajstić information content (AvgIpc) is 2.44. The maximum Gasteiger partial charge on any atom is 0.350 e. The van der Waals surface area contributed by atoms with Crippen LogP contribution in [-0.2, 0) is 19.1 Å². The number of benzene rings is 1. The summed E-state index contributed by atoms with van der Waals surface area (Å²) in [5, 5.41) is 0. The first-order valence-corrected chi connectivity index (χ1v) is 6.38. The lowest BCUT2D eigenvalue weighted by Gasteiger charge is -2.24. The highest BCUT2D eigenvalue weighted by molar-refractivity contribution is 5.85. The van der Waals surface area contributed by atoms with E-state index in [1.165, 1.54) is 45.0 Å². The third-order valence-electron chi connectivity index (χ3n) is 2.39. The third-order valence-corrected chi connectivity index (χ3v) is 2.39. The van der Waals surface area contributed by atoms with Crippen molar-refractivity contribution in [2.45, 2.75) is 26.4 Å². The first-order chi connectivity index (χ1) is 10.2. The Kier molecular flexibility index (Phi) is 5.85. The van der Waals surface area contributed by atoms with Crippen molar-refractivity contribution in [2.24, 2.45) is 0 Å². The SMILES string of the molecule is CC(=O)NNC(=O)COC(=O)C(C)(C)Oc1ccc(F)cc1. The van der Waals surface area contributed by atoms with E-state index in [1.807, 2.05) is 5.43 Å². The number of amides is 2. The van der Waals surface area contributed by atoms with Crippen LogP contribution < -0.4 is 15.6 Å². The lowest BCUT2D eigenvalue weighted by Crippen LogP contribution is -2.45. The molecule has 0 aliphatic rings. The van der Waals surface area contributed by atoms with Gasteiger partial charge in [-0.25, -0.2) is 9.18 Å². The van der Waals surface area contributed by atoms with Gasteiger partial charge in [-0.15, -0.1) is 0 Å². The van der Waals surface area contributed by atoms with Gasteiger partial charge >= 0.3 is 5.97 Å². The minimum atomic E-state index is -1.37. The summed E-state index contributed by atoms with van der Waals surface area (Å²) >= 11 is 0. The number of hydrazine groups is 1. The van der Waals surface area contributed by atoms with Gasteiger partial charge in [-0.1, -0.05) is 0 Å². The molecule has 0 bridgehead atoms. The zero-order chi connectivity index (χ0) is 16.8. The van der Waals surface area contributed by atoms with E-state index in [-0.39, 0.29) is 5.75 Å². The van der Waals surface area contributed by atoms with Crippen LogP contribution in [0.3, 0.4) is 0 Å². The summed E-state index contributed by atoms with van der Waals surface area (Å²) in [6.07, 6.45) is 0. The highest BCUT2D eigenvalue weighted by atomic mass is 19.1. The number of hydrogen-bond donors (Lipinski definition) is 2. The number of hydrogen-bond acceptors (Lipinski definition) is 5. The van der Waals surface area contributed by atoms with Crippen molar-refractivity contribution in [1.29, 1.82) is 0 Å². The summed E-state index contributed by atoms with van der Waals surface area (Å²) in [7, 11) is 0. The summed E-state index contributed by atoms with van der Waals surface area (Å²) in [4.78, 5) is 33.8. The van der Waals surface area contributed by atoms with Gasteiger partial charge in [0, 0.05) is 6.92 Å². The van der Waals surface area contributed by atoms with Crippen LogP contribution in [0.2, 0.25) is 0 Å². The Labute approximate surface area is 126 Å². The lowest BCUT2D eigenvalue weighted by molar-refractivity contribution is -0.162. The molecular formula is C14H17FN2O5. The normalized spacial score (nSPS) is 10.5. The maximum atomic E-state index is 12.8. The minimum Gasteiger partial charge on any atom is -0.476 e. The molecule has 0 spiro atoms. The van der Waals surface area contributed by atoms with E-state index >= 15 is 0 Å². The molecular weight excluding hydrogens is 295 g/mol. The lowest BCUT2D eigenvalue weighted by atomic mass is 10.1. The van der Waals surface area contributed by atoms with E-state index < -0.39 is 35.8 Å². The number of ether oxygens (including phenoxy) is 2. The molecule has 2 amide bonds. The molecule has 2 N–H and O–H groups in total. The van der Waals surface area contributed by atoms with Gasteiger partial charge in [0.15, 0.2) is 12.2 Å². The average molecular weight is 312 g/mol. The van der Waals surface area contributed by atoms with Gasteiger partial charge in [-0.3, -0.25) is 20.4 Å². The van der Waals surface area contributed by atoms with Gasteiger partial charge in [0.1, 0.15) is 11.6 Å². The van der Waals surface area contributed by atoms with Crippen LogP contribution in [0.15, 0.2) is 24.3 Å². The number of esters is 1. The monoisotopic (exact) mass is 312 g/mol. The summed E-state index contributed by atoms with van der Waals surface area (Å²) in [6.45, 7) is 3.54. The standard InChI is InChI=1S/C14H17FN2O5/c1-9(18)16-17-12(19)8-21-13(20)14(2,3)22-11-6-4-10(15)5-7-11/h4-7H,8H2,1-3H3,(H,16,18)(H,17,19). The predicted molar refractivity (Wildman–Crippen MR) is 74.0 cm³/mol. The van der Waals surface area contributed by atoms with Crippen molar-refractivity contribution in [1.82, 2.24) is 10.9 Å². The Morgan fingerprint density at radius 3 is 2.27 bits per heavy atom. The Hall–Kier alpha value is -2.64. The van der Waals surface area contributed by atoms with E-state index in [2.05, 4.69) is 5.43 Å². The summed E-state index contributed by atoms with van der Waals surface area (Å²) in [5.41, 5.74) is 2.73. The maximum absolute atomic E-state index is 12.8. The van der Waals surface area contributed by atoms with Crippen molar-refractivity contribution in [3.63, 3.8) is 0 Å². The molecule has 1 aromatic carbocycles. The second-order valence-electron chi connectivity index (χ2n) is 4.87. The van der Waals surface area contributed by atoms with Crippen LogP contribution in [-0.4, -0.2) is 30.0 Å². The number of carbonyl (C=O) groups is 3. The molecule has 1 rings (SSSR count). The molecule has 0 aromatic heterocycles. The molecule has 0 fully saturated rings. The first-order valence-electron chi connectivity index (χ1n) is 6.38. The zero-order valence-corrected chi connectivity index (χ0v) is 12.4. The molecule has 7 nitrogen and oxygen atoms in total. The molecule has 22 heavy (non-hydrogen) atoms. The topological polar surface area (TPSA) is 93.7 Å². The molecule has 0 radical (unpaired) electrons. The Balaban J connectivity index is 2.50. The summed E-state index contributed by atoms with van der Waals surface area (Å²) in [5.74, 6) is -2.08. The molecule has 120 valence electrons. The Morgan fingerprint density at radius 2 is 1.73 bits per heavy atom. The van der Waals surface area contributed by atoms with Crippen molar-refractivity contribution >= 4 is 17.8 Å². The fraction of sp³-hybridized carbons (Fsp3) is 0.357. The van der Waals surface area contributed by atoms with Crippen molar-refractivity contribution < 1.29 is 28.2 Å².